The van der Waals surface area contributed by atoms with Gasteiger partial charge in [-0.25, -0.2) is 4.79 Å². The Balaban J connectivity index is 2.99. The average molecular weight is 206 g/mol. The maximum atomic E-state index is 10.8. The number of aliphatic hydroxyl groups excluding tert-OH is 1. The normalized spacial score (nSPS) is 11.1. The molecule has 15 heavy (non-hydrogen) atoms. The number of ketones is 1. The van der Waals surface area contributed by atoms with Crippen LogP contribution in [-0.4, -0.2) is 22.0 Å². The fraction of sp³-hybridized carbons (Fsp3) is 0.0909. The van der Waals surface area contributed by atoms with Gasteiger partial charge in [-0.05, 0) is 13.0 Å². The summed E-state index contributed by atoms with van der Waals surface area (Å²) >= 11 is 0. The third-order valence-electron chi connectivity index (χ3n) is 1.79. The first kappa shape index (κ1) is 11.0. The Labute approximate surface area is 86.5 Å². The van der Waals surface area contributed by atoms with E-state index in [0.29, 0.717) is 11.6 Å². The molecule has 0 saturated heterocycles. The largest absolute Gasteiger partial charge is 0.507 e. The molecule has 1 rings (SSSR count). The van der Waals surface area contributed by atoms with Crippen LogP contribution in [0.5, 0.6) is 0 Å². The molecule has 0 unspecified atom stereocenters. The van der Waals surface area contributed by atoms with Gasteiger partial charge in [0, 0.05) is 11.6 Å². The highest BCUT2D eigenvalue weighted by molar-refractivity contribution is 6.38. The SMILES string of the molecule is Cc1cccc(/C(O)=C/C(=O)C(=O)O)c1. The third kappa shape index (κ3) is 2.95. The third-order valence-corrected chi connectivity index (χ3v) is 1.79. The topological polar surface area (TPSA) is 74.6 Å². The molecule has 0 aliphatic rings. The Morgan fingerprint density at radius 1 is 1.27 bits per heavy atom. The average Bonchev–Trinajstić information content (AvgIpc) is 2.17. The van der Waals surface area contributed by atoms with Crippen LogP contribution in [0.4, 0.5) is 0 Å². The second-order valence-electron chi connectivity index (χ2n) is 3.07. The van der Waals surface area contributed by atoms with Crippen LogP contribution in [0.2, 0.25) is 0 Å². The van der Waals surface area contributed by atoms with Gasteiger partial charge in [0.15, 0.2) is 0 Å². The van der Waals surface area contributed by atoms with Crippen LogP contribution in [0.1, 0.15) is 11.1 Å². The number of rotatable bonds is 3. The van der Waals surface area contributed by atoms with Crippen LogP contribution in [0, 0.1) is 6.92 Å². The van der Waals surface area contributed by atoms with Gasteiger partial charge < -0.3 is 10.2 Å². The molecule has 2 N–H and O–H groups in total. The van der Waals surface area contributed by atoms with E-state index in [0.717, 1.165) is 5.56 Å². The highest BCUT2D eigenvalue weighted by Gasteiger charge is 2.10. The highest BCUT2D eigenvalue weighted by atomic mass is 16.4. The molecule has 4 heteroatoms. The van der Waals surface area contributed by atoms with Crippen molar-refractivity contribution in [1.29, 1.82) is 0 Å². The quantitative estimate of drug-likeness (QED) is 0.447. The van der Waals surface area contributed by atoms with E-state index in [1.165, 1.54) is 0 Å². The molecule has 0 spiro atoms. The van der Waals surface area contributed by atoms with Gasteiger partial charge in [0.1, 0.15) is 5.76 Å². The lowest BCUT2D eigenvalue weighted by atomic mass is 10.1. The number of benzene rings is 1. The smallest absolute Gasteiger partial charge is 0.376 e. The minimum atomic E-state index is -1.59. The minimum absolute atomic E-state index is 0.342. The van der Waals surface area contributed by atoms with Crippen LogP contribution >= 0.6 is 0 Å². The zero-order valence-corrected chi connectivity index (χ0v) is 8.10. The molecule has 0 aromatic heterocycles. The molecule has 0 heterocycles. The van der Waals surface area contributed by atoms with Crippen LogP contribution in [-0.2, 0) is 9.59 Å². The van der Waals surface area contributed by atoms with E-state index < -0.39 is 11.8 Å². The molecule has 0 fully saturated rings. The van der Waals surface area contributed by atoms with Crippen molar-refractivity contribution in [2.75, 3.05) is 0 Å². The molecule has 4 nitrogen and oxygen atoms in total. The number of hydrogen-bond acceptors (Lipinski definition) is 3. The second-order valence-corrected chi connectivity index (χ2v) is 3.07. The van der Waals surface area contributed by atoms with Gasteiger partial charge in [-0.1, -0.05) is 23.8 Å². The highest BCUT2D eigenvalue weighted by Crippen LogP contribution is 2.12. The van der Waals surface area contributed by atoms with Crippen LogP contribution in [0.25, 0.3) is 5.76 Å². The van der Waals surface area contributed by atoms with Crippen molar-refractivity contribution >= 4 is 17.5 Å². The molecule has 0 bridgehead atoms. The van der Waals surface area contributed by atoms with E-state index >= 15 is 0 Å². The molecule has 0 amide bonds. The molecule has 0 atom stereocenters. The minimum Gasteiger partial charge on any atom is -0.507 e. The van der Waals surface area contributed by atoms with Crippen molar-refractivity contribution in [3.63, 3.8) is 0 Å². The maximum absolute atomic E-state index is 10.8. The molecular formula is C11H10O4. The molecule has 0 aliphatic carbocycles. The van der Waals surface area contributed by atoms with Gasteiger partial charge in [0.25, 0.3) is 5.78 Å². The predicted molar refractivity (Wildman–Crippen MR) is 54.4 cm³/mol. The number of aryl methyl sites for hydroxylation is 1. The summed E-state index contributed by atoms with van der Waals surface area (Å²) in [5.74, 6) is -3.07. The molecule has 0 saturated carbocycles. The van der Waals surface area contributed by atoms with Gasteiger partial charge in [-0.2, -0.15) is 0 Å². The number of aliphatic hydroxyl groups is 1. The van der Waals surface area contributed by atoms with Crippen molar-refractivity contribution in [1.82, 2.24) is 0 Å². The lowest BCUT2D eigenvalue weighted by Crippen LogP contribution is -2.09. The molecule has 0 radical (unpaired) electrons. The lowest BCUT2D eigenvalue weighted by molar-refractivity contribution is -0.146. The summed E-state index contributed by atoms with van der Waals surface area (Å²) in [6.07, 6.45) is 0.692. The Morgan fingerprint density at radius 2 is 1.93 bits per heavy atom. The van der Waals surface area contributed by atoms with Crippen molar-refractivity contribution < 1.29 is 19.8 Å². The fourth-order valence-electron chi connectivity index (χ4n) is 1.07. The van der Waals surface area contributed by atoms with Gasteiger partial charge >= 0.3 is 5.97 Å². The number of carbonyl (C=O) groups excluding carboxylic acids is 1. The first-order chi connectivity index (χ1) is 7.00. The summed E-state index contributed by atoms with van der Waals surface area (Å²) < 4.78 is 0. The van der Waals surface area contributed by atoms with E-state index in [1.807, 2.05) is 13.0 Å². The predicted octanol–water partition coefficient (Wildman–Crippen LogP) is 1.55. The van der Waals surface area contributed by atoms with E-state index in [1.54, 1.807) is 18.2 Å². The Kier molecular flexibility index (Phi) is 3.23. The number of carboxylic acids is 1. The molecule has 0 aliphatic heterocycles. The van der Waals surface area contributed by atoms with Gasteiger partial charge in [-0.3, -0.25) is 4.79 Å². The van der Waals surface area contributed by atoms with E-state index in [2.05, 4.69) is 0 Å². The summed E-state index contributed by atoms with van der Waals surface area (Å²) in [5, 5.41) is 17.8. The number of carboxylic acid groups (broad SMARTS) is 1. The van der Waals surface area contributed by atoms with Gasteiger partial charge in [-0.15, -0.1) is 0 Å². The molecule has 1 aromatic rings. The van der Waals surface area contributed by atoms with Crippen molar-refractivity contribution in [2.45, 2.75) is 6.92 Å². The van der Waals surface area contributed by atoms with Crippen molar-refractivity contribution in [3.8, 4) is 0 Å². The Hall–Kier alpha value is -2.10. The summed E-state index contributed by atoms with van der Waals surface area (Å²) in [6.45, 7) is 1.83. The summed E-state index contributed by atoms with van der Waals surface area (Å²) in [5.41, 5.74) is 1.33. The molecule has 1 aromatic carbocycles. The van der Waals surface area contributed by atoms with Gasteiger partial charge in [0.2, 0.25) is 0 Å². The van der Waals surface area contributed by atoms with Crippen LogP contribution in [0.15, 0.2) is 30.3 Å². The first-order valence-electron chi connectivity index (χ1n) is 4.25. The molecule has 78 valence electrons. The zero-order chi connectivity index (χ0) is 11.4. The zero-order valence-electron chi connectivity index (χ0n) is 8.10. The standard InChI is InChI=1S/C11H10O4/c1-7-3-2-4-8(5-7)9(12)6-10(13)11(14)15/h2-6,12H,1H3,(H,14,15)/b9-6-. The van der Waals surface area contributed by atoms with Crippen molar-refractivity contribution in [3.05, 3.63) is 41.5 Å². The fourth-order valence-corrected chi connectivity index (χ4v) is 1.07. The summed E-state index contributed by atoms with van der Waals surface area (Å²) in [7, 11) is 0. The molecular weight excluding hydrogens is 196 g/mol. The lowest BCUT2D eigenvalue weighted by Gasteiger charge is -2.00. The van der Waals surface area contributed by atoms with Crippen LogP contribution < -0.4 is 0 Å². The maximum Gasteiger partial charge on any atom is 0.376 e. The first-order valence-corrected chi connectivity index (χ1v) is 4.25. The Bertz CT molecular complexity index is 432. The number of aliphatic carboxylic acids is 1. The second kappa shape index (κ2) is 4.41. The van der Waals surface area contributed by atoms with Crippen LogP contribution in [0.3, 0.4) is 0 Å². The van der Waals surface area contributed by atoms with E-state index in [9.17, 15) is 14.7 Å². The summed E-state index contributed by atoms with van der Waals surface area (Å²) in [6, 6.07) is 6.78. The van der Waals surface area contributed by atoms with E-state index in [4.69, 9.17) is 5.11 Å². The summed E-state index contributed by atoms with van der Waals surface area (Å²) in [4.78, 5) is 21.0. The van der Waals surface area contributed by atoms with Gasteiger partial charge in [0.05, 0.1) is 0 Å². The number of hydrogen-bond donors (Lipinski definition) is 2. The Morgan fingerprint density at radius 3 is 2.47 bits per heavy atom. The van der Waals surface area contributed by atoms with Crippen molar-refractivity contribution in [2.24, 2.45) is 0 Å². The number of carbonyl (C=O) groups is 2. The van der Waals surface area contributed by atoms with E-state index in [-0.39, 0.29) is 5.76 Å². The monoisotopic (exact) mass is 206 g/mol.